The van der Waals surface area contributed by atoms with Crippen LogP contribution < -0.4 is 15.9 Å². The molecule has 1 aromatic carbocycles. The normalized spacial score (nSPS) is 26.8. The Bertz CT molecular complexity index is 1100. The number of hydrazine groups is 1. The Morgan fingerprint density at radius 1 is 1.37 bits per heavy atom. The third-order valence-electron chi connectivity index (χ3n) is 6.44. The van der Waals surface area contributed by atoms with Gasteiger partial charge in [0.2, 0.25) is 5.91 Å². The molecule has 8 heteroatoms. The molecule has 0 bridgehead atoms. The molecule has 0 aliphatic carbocycles. The van der Waals surface area contributed by atoms with Crippen LogP contribution in [0.15, 0.2) is 77.6 Å². The van der Waals surface area contributed by atoms with Gasteiger partial charge in [-0.15, -0.1) is 18.0 Å². The zero-order valence-corrected chi connectivity index (χ0v) is 20.3. The Morgan fingerprint density at radius 3 is 2.91 bits per heavy atom. The Hall–Kier alpha value is -3.31. The predicted octanol–water partition coefficient (Wildman–Crippen LogP) is 3.08. The van der Waals surface area contributed by atoms with Crippen molar-refractivity contribution in [3.05, 3.63) is 78.2 Å². The van der Waals surface area contributed by atoms with Crippen LogP contribution in [0.5, 0.6) is 5.75 Å². The average Bonchev–Trinajstić information content (AvgIpc) is 3.30. The van der Waals surface area contributed by atoms with Crippen molar-refractivity contribution in [3.63, 3.8) is 0 Å². The molecule has 3 aliphatic heterocycles. The van der Waals surface area contributed by atoms with Crippen LogP contribution in [0, 0.1) is 12.3 Å². The smallest absolute Gasteiger partial charge is 0.246 e. The summed E-state index contributed by atoms with van der Waals surface area (Å²) in [6.45, 7) is 5.41. The van der Waals surface area contributed by atoms with Crippen molar-refractivity contribution in [2.75, 3.05) is 19.7 Å². The minimum Gasteiger partial charge on any atom is -0.490 e. The van der Waals surface area contributed by atoms with E-state index in [2.05, 4.69) is 27.9 Å². The maximum atomic E-state index is 12.3. The van der Waals surface area contributed by atoms with Gasteiger partial charge in [0.15, 0.2) is 0 Å². The van der Waals surface area contributed by atoms with Crippen molar-refractivity contribution in [1.82, 2.24) is 15.3 Å². The zero-order valence-electron chi connectivity index (χ0n) is 19.5. The topological polar surface area (TPSA) is 83.2 Å². The third-order valence-corrected chi connectivity index (χ3v) is 6.79. The predicted molar refractivity (Wildman–Crippen MR) is 140 cm³/mol. The number of fused-ring (bicyclic) bond motifs is 1. The minimum absolute atomic E-state index is 0.0501. The number of terminal acetylenes is 1. The Kier molecular flexibility index (Phi) is 8.09. The first kappa shape index (κ1) is 24.8. The van der Waals surface area contributed by atoms with Gasteiger partial charge in [0, 0.05) is 30.9 Å². The molecule has 1 amide bonds. The van der Waals surface area contributed by atoms with Crippen LogP contribution >= 0.6 is 11.6 Å². The number of aliphatic imine (C=N–C) groups is 1. The number of hydrogen-bond acceptors (Lipinski definition) is 6. The van der Waals surface area contributed by atoms with Crippen LogP contribution in [-0.2, 0) is 4.79 Å². The van der Waals surface area contributed by atoms with Crippen LogP contribution in [0.2, 0.25) is 0 Å². The highest BCUT2D eigenvalue weighted by Crippen LogP contribution is 2.41. The van der Waals surface area contributed by atoms with Gasteiger partial charge in [-0.3, -0.25) is 4.79 Å². The summed E-state index contributed by atoms with van der Waals surface area (Å²) >= 11 is 6.74. The van der Waals surface area contributed by atoms with Crippen LogP contribution in [0.25, 0.3) is 0 Å². The number of hydrogen-bond donors (Lipinski definition) is 2. The van der Waals surface area contributed by atoms with E-state index in [1.807, 2.05) is 41.3 Å². The number of carbonyl (C=O) groups excluding carboxylic acids is 1. The van der Waals surface area contributed by atoms with Gasteiger partial charge in [-0.05, 0) is 48.8 Å². The molecule has 3 N–H and O–H groups in total. The summed E-state index contributed by atoms with van der Waals surface area (Å²) < 4.78 is 5.78. The van der Waals surface area contributed by atoms with Gasteiger partial charge in [0.05, 0.1) is 17.5 Å². The molecule has 2 saturated heterocycles. The lowest BCUT2D eigenvalue weighted by molar-refractivity contribution is -0.128. The number of benzene rings is 1. The van der Waals surface area contributed by atoms with E-state index in [4.69, 9.17) is 28.5 Å². The molecular formula is C27H30ClN5O2. The fourth-order valence-electron chi connectivity index (χ4n) is 4.80. The van der Waals surface area contributed by atoms with Crippen molar-refractivity contribution in [1.29, 1.82) is 0 Å². The van der Waals surface area contributed by atoms with Gasteiger partial charge in [0.1, 0.15) is 18.2 Å². The number of nitrogens with one attached hydrogen (secondary N) is 1. The maximum Gasteiger partial charge on any atom is 0.246 e. The summed E-state index contributed by atoms with van der Waals surface area (Å²) in [6.07, 6.45) is 17.2. The fraction of sp³-hybridized carbons (Fsp3) is 0.333. The Balaban J connectivity index is 1.52. The molecule has 0 radical (unpaired) electrons. The first-order valence-corrected chi connectivity index (χ1v) is 12.1. The van der Waals surface area contributed by atoms with Gasteiger partial charge in [-0.1, -0.05) is 36.8 Å². The number of nitrogens with zero attached hydrogens (tertiary/aromatic N) is 3. The van der Waals surface area contributed by atoms with Crippen molar-refractivity contribution in [3.8, 4) is 18.1 Å². The number of alkyl halides is 1. The summed E-state index contributed by atoms with van der Waals surface area (Å²) in [5.41, 5.74) is 12.0. The maximum absolute atomic E-state index is 12.3. The summed E-state index contributed by atoms with van der Waals surface area (Å²) in [4.78, 5) is 18.4. The molecule has 182 valence electrons. The molecule has 0 saturated carbocycles. The molecule has 1 aromatic rings. The highest BCUT2D eigenvalue weighted by molar-refractivity contribution is 6.29. The number of allylic oxidation sites excluding steroid dienone is 3. The summed E-state index contributed by atoms with van der Waals surface area (Å²) in [5.74, 6) is 3.62. The highest BCUT2D eigenvalue weighted by Gasteiger charge is 2.47. The van der Waals surface area contributed by atoms with E-state index in [1.54, 1.807) is 18.4 Å². The fourth-order valence-corrected chi connectivity index (χ4v) is 5.11. The van der Waals surface area contributed by atoms with E-state index in [-0.39, 0.29) is 29.4 Å². The molecule has 0 spiro atoms. The molecule has 35 heavy (non-hydrogen) atoms. The van der Waals surface area contributed by atoms with E-state index in [9.17, 15) is 4.79 Å². The van der Waals surface area contributed by atoms with Crippen molar-refractivity contribution in [2.24, 2.45) is 10.7 Å². The van der Waals surface area contributed by atoms with Crippen LogP contribution in [0.1, 0.15) is 24.4 Å². The average molecular weight is 492 g/mol. The molecule has 0 aromatic heterocycles. The first-order valence-electron chi connectivity index (χ1n) is 11.7. The van der Waals surface area contributed by atoms with Crippen LogP contribution in [0.3, 0.4) is 0 Å². The lowest BCUT2D eigenvalue weighted by Gasteiger charge is -2.40. The molecule has 3 heterocycles. The van der Waals surface area contributed by atoms with E-state index in [0.717, 1.165) is 36.3 Å². The molecular weight excluding hydrogens is 462 g/mol. The van der Waals surface area contributed by atoms with Crippen molar-refractivity contribution >= 4 is 23.7 Å². The van der Waals surface area contributed by atoms with E-state index >= 15 is 0 Å². The minimum atomic E-state index is -0.335. The Morgan fingerprint density at radius 2 is 2.17 bits per heavy atom. The second-order valence-electron chi connectivity index (χ2n) is 8.60. The van der Waals surface area contributed by atoms with Crippen LogP contribution in [-0.4, -0.2) is 59.2 Å². The van der Waals surface area contributed by atoms with Gasteiger partial charge >= 0.3 is 0 Å². The standard InChI is InChI=1S/C27H30ClN5O2/c1-3-5-6-7-8-16-35-21-13-11-19(12-14-21)25-24-26(22(28)17-30-27(24)29)33(31-25)20-10-9-15-32(18-20)23(34)4-2/h1,4-8,11-14,17,20,22,25-26,31H,2,9-10,15-16,18,29H2/b6-5-,8-7-. The number of likely N-dealkylation sites (tertiary alicyclic amines) is 1. The SMILES string of the molecule is C#C/C=C\C=C/COc1ccc(C2NN(C3CCCN(C(=O)C=C)C3)C3C2=C(N)N=CC3Cl)cc1. The monoisotopic (exact) mass is 491 g/mol. The molecule has 3 aliphatic rings. The molecule has 2 fully saturated rings. The van der Waals surface area contributed by atoms with Crippen molar-refractivity contribution < 1.29 is 9.53 Å². The van der Waals surface area contributed by atoms with Gasteiger partial charge < -0.3 is 15.4 Å². The van der Waals surface area contributed by atoms with E-state index < -0.39 is 0 Å². The lowest BCUT2D eigenvalue weighted by atomic mass is 9.91. The van der Waals surface area contributed by atoms with Crippen LogP contribution in [0.4, 0.5) is 0 Å². The summed E-state index contributed by atoms with van der Waals surface area (Å²) in [5, 5.41) is 1.84. The quantitative estimate of drug-likeness (QED) is 0.265. The highest BCUT2D eigenvalue weighted by atomic mass is 35.5. The number of halogens is 1. The molecule has 4 unspecified atom stereocenters. The lowest BCUT2D eigenvalue weighted by Crippen LogP contribution is -2.56. The second kappa shape index (κ2) is 11.4. The third kappa shape index (κ3) is 5.51. The molecule has 7 nitrogen and oxygen atoms in total. The number of nitrogens with two attached hydrogens (primary N) is 1. The Labute approximate surface area is 211 Å². The van der Waals surface area contributed by atoms with Gasteiger partial charge in [-0.25, -0.2) is 15.4 Å². The van der Waals surface area contributed by atoms with E-state index in [1.165, 1.54) is 6.08 Å². The number of rotatable bonds is 7. The number of carbonyl (C=O) groups is 1. The second-order valence-corrected chi connectivity index (χ2v) is 9.10. The summed E-state index contributed by atoms with van der Waals surface area (Å²) in [7, 11) is 0. The number of piperidine rings is 1. The molecule has 4 atom stereocenters. The number of amides is 1. The van der Waals surface area contributed by atoms with Crippen molar-refractivity contribution in [2.45, 2.75) is 36.3 Å². The largest absolute Gasteiger partial charge is 0.490 e. The van der Waals surface area contributed by atoms with Gasteiger partial charge in [-0.2, -0.15) is 0 Å². The molecule has 4 rings (SSSR count). The van der Waals surface area contributed by atoms with Gasteiger partial charge in [0.25, 0.3) is 0 Å². The number of ether oxygens (including phenoxy) is 1. The van der Waals surface area contributed by atoms with E-state index in [0.29, 0.717) is 19.0 Å². The first-order chi connectivity index (χ1) is 17.0. The summed E-state index contributed by atoms with van der Waals surface area (Å²) in [6, 6.07) is 7.68. The zero-order chi connectivity index (χ0) is 24.8.